The summed E-state index contributed by atoms with van der Waals surface area (Å²) in [6, 6.07) is 13.8. The lowest BCUT2D eigenvalue weighted by Crippen LogP contribution is -2.31. The van der Waals surface area contributed by atoms with E-state index in [-0.39, 0.29) is 17.4 Å². The average molecular weight is 403 g/mol. The highest BCUT2D eigenvalue weighted by Crippen LogP contribution is 2.22. The predicted molar refractivity (Wildman–Crippen MR) is 109 cm³/mol. The summed E-state index contributed by atoms with van der Waals surface area (Å²) in [6.45, 7) is 2.94. The van der Waals surface area contributed by atoms with Crippen LogP contribution in [0.1, 0.15) is 31.2 Å². The van der Waals surface area contributed by atoms with Gasteiger partial charge in [0.2, 0.25) is 10.0 Å². The van der Waals surface area contributed by atoms with Gasteiger partial charge in [-0.1, -0.05) is 25.0 Å². The van der Waals surface area contributed by atoms with Crippen molar-refractivity contribution in [2.24, 2.45) is 0 Å². The Morgan fingerprint density at radius 3 is 2.36 bits per heavy atom. The second-order valence-corrected chi connectivity index (χ2v) is 8.93. The molecule has 0 aliphatic carbocycles. The maximum atomic E-state index is 12.8. The van der Waals surface area contributed by atoms with Gasteiger partial charge in [0.25, 0.3) is 5.91 Å². The molecule has 1 heterocycles. The van der Waals surface area contributed by atoms with E-state index in [0.717, 1.165) is 31.2 Å². The zero-order chi connectivity index (χ0) is 20.0. The smallest absolute Gasteiger partial charge is 0.262 e. The van der Waals surface area contributed by atoms with Gasteiger partial charge in [-0.2, -0.15) is 4.31 Å². The Kier molecular flexibility index (Phi) is 6.70. The third kappa shape index (κ3) is 5.33. The number of amides is 1. The normalized spacial score (nSPS) is 15.6. The fourth-order valence-electron chi connectivity index (χ4n) is 3.21. The summed E-state index contributed by atoms with van der Waals surface area (Å²) < 4.78 is 32.6. The third-order valence-electron chi connectivity index (χ3n) is 4.70. The summed E-state index contributed by atoms with van der Waals surface area (Å²) in [7, 11) is -3.48. The maximum absolute atomic E-state index is 12.8. The van der Waals surface area contributed by atoms with Crippen LogP contribution in [0.25, 0.3) is 0 Å². The molecule has 7 heteroatoms. The molecule has 1 amide bonds. The molecule has 0 spiro atoms. The van der Waals surface area contributed by atoms with Gasteiger partial charge in [-0.3, -0.25) is 4.79 Å². The zero-order valence-corrected chi connectivity index (χ0v) is 16.9. The molecule has 2 aromatic carbocycles. The van der Waals surface area contributed by atoms with E-state index < -0.39 is 10.0 Å². The molecule has 0 atom stereocenters. The monoisotopic (exact) mass is 402 g/mol. The van der Waals surface area contributed by atoms with Crippen LogP contribution in [0.3, 0.4) is 0 Å². The number of aryl methyl sites for hydroxylation is 1. The van der Waals surface area contributed by atoms with Crippen molar-refractivity contribution < 1.29 is 17.9 Å². The number of anilines is 1. The van der Waals surface area contributed by atoms with E-state index in [2.05, 4.69) is 5.32 Å². The van der Waals surface area contributed by atoms with Crippen molar-refractivity contribution in [1.82, 2.24) is 4.31 Å². The van der Waals surface area contributed by atoms with E-state index in [1.807, 2.05) is 31.2 Å². The van der Waals surface area contributed by atoms with Gasteiger partial charge in [0.15, 0.2) is 6.61 Å². The van der Waals surface area contributed by atoms with Gasteiger partial charge < -0.3 is 10.1 Å². The molecule has 1 aliphatic heterocycles. The Hall–Kier alpha value is -2.38. The number of sulfonamides is 1. The molecule has 1 saturated heterocycles. The second kappa shape index (κ2) is 9.21. The molecule has 3 rings (SSSR count). The Labute approximate surface area is 166 Å². The molecule has 150 valence electrons. The van der Waals surface area contributed by atoms with Crippen molar-refractivity contribution in [2.45, 2.75) is 37.5 Å². The zero-order valence-electron chi connectivity index (χ0n) is 16.1. The first-order chi connectivity index (χ1) is 13.4. The Morgan fingerprint density at radius 2 is 1.71 bits per heavy atom. The molecule has 1 N–H and O–H groups in total. The number of rotatable bonds is 6. The van der Waals surface area contributed by atoms with Crippen molar-refractivity contribution in [3.05, 3.63) is 54.1 Å². The van der Waals surface area contributed by atoms with E-state index >= 15 is 0 Å². The summed E-state index contributed by atoms with van der Waals surface area (Å²) in [5.74, 6) is 0.182. The molecular formula is C21H26N2O4S. The molecular weight excluding hydrogens is 376 g/mol. The number of nitrogens with zero attached hydrogens (tertiary/aromatic N) is 1. The Bertz CT molecular complexity index is 902. The predicted octanol–water partition coefficient (Wildman–Crippen LogP) is 3.58. The first-order valence-corrected chi connectivity index (χ1v) is 11.0. The van der Waals surface area contributed by atoms with Crippen LogP contribution in [0, 0.1) is 6.92 Å². The van der Waals surface area contributed by atoms with Crippen LogP contribution in [0.15, 0.2) is 53.4 Å². The topological polar surface area (TPSA) is 75.7 Å². The fraction of sp³-hybridized carbons (Fsp3) is 0.381. The van der Waals surface area contributed by atoms with Gasteiger partial charge in [-0.15, -0.1) is 0 Å². The molecule has 28 heavy (non-hydrogen) atoms. The van der Waals surface area contributed by atoms with E-state index in [0.29, 0.717) is 24.5 Å². The molecule has 1 aliphatic rings. The highest BCUT2D eigenvalue weighted by molar-refractivity contribution is 7.89. The SMILES string of the molecule is Cc1cccc(NC(=O)COc2ccc(S(=O)(=O)N3CCCCCC3)cc2)c1. The van der Waals surface area contributed by atoms with Gasteiger partial charge in [-0.25, -0.2) is 8.42 Å². The van der Waals surface area contributed by atoms with Crippen LogP contribution in [0.4, 0.5) is 5.69 Å². The maximum Gasteiger partial charge on any atom is 0.262 e. The Balaban J connectivity index is 1.57. The number of hydrogen-bond donors (Lipinski definition) is 1. The molecule has 1 fully saturated rings. The summed E-state index contributed by atoms with van der Waals surface area (Å²) >= 11 is 0. The van der Waals surface area contributed by atoms with Gasteiger partial charge >= 0.3 is 0 Å². The van der Waals surface area contributed by atoms with Crippen LogP contribution in [0.5, 0.6) is 5.75 Å². The molecule has 2 aromatic rings. The number of ether oxygens (including phenoxy) is 1. The lowest BCUT2D eigenvalue weighted by molar-refractivity contribution is -0.118. The molecule has 0 bridgehead atoms. The van der Waals surface area contributed by atoms with Gasteiger partial charge in [0.1, 0.15) is 5.75 Å². The van der Waals surface area contributed by atoms with Crippen molar-refractivity contribution in [2.75, 3.05) is 25.0 Å². The average Bonchev–Trinajstić information content (AvgIpc) is 2.97. The molecule has 0 radical (unpaired) electrons. The van der Waals surface area contributed by atoms with Crippen LogP contribution in [0.2, 0.25) is 0 Å². The number of carbonyl (C=O) groups excluding carboxylic acids is 1. The van der Waals surface area contributed by atoms with Gasteiger partial charge in [0.05, 0.1) is 4.90 Å². The molecule has 6 nitrogen and oxygen atoms in total. The van der Waals surface area contributed by atoms with E-state index in [1.54, 1.807) is 16.4 Å². The van der Waals surface area contributed by atoms with Crippen LogP contribution < -0.4 is 10.1 Å². The minimum Gasteiger partial charge on any atom is -0.484 e. The molecule has 0 unspecified atom stereocenters. The van der Waals surface area contributed by atoms with Gasteiger partial charge in [0, 0.05) is 18.8 Å². The lowest BCUT2D eigenvalue weighted by Gasteiger charge is -2.20. The van der Waals surface area contributed by atoms with Crippen LogP contribution >= 0.6 is 0 Å². The number of hydrogen-bond acceptors (Lipinski definition) is 4. The van der Waals surface area contributed by atoms with Crippen molar-refractivity contribution in [1.29, 1.82) is 0 Å². The van der Waals surface area contributed by atoms with Crippen LogP contribution in [-0.2, 0) is 14.8 Å². The lowest BCUT2D eigenvalue weighted by atomic mass is 10.2. The second-order valence-electron chi connectivity index (χ2n) is 7.00. The first-order valence-electron chi connectivity index (χ1n) is 9.55. The summed E-state index contributed by atoms with van der Waals surface area (Å²) in [6.07, 6.45) is 3.94. The van der Waals surface area contributed by atoms with Crippen molar-refractivity contribution >= 4 is 21.6 Å². The quantitative estimate of drug-likeness (QED) is 0.801. The highest BCUT2D eigenvalue weighted by atomic mass is 32.2. The summed E-state index contributed by atoms with van der Waals surface area (Å²) in [5, 5.41) is 2.77. The minimum absolute atomic E-state index is 0.147. The largest absolute Gasteiger partial charge is 0.484 e. The van der Waals surface area contributed by atoms with Gasteiger partial charge in [-0.05, 0) is 61.7 Å². The highest BCUT2D eigenvalue weighted by Gasteiger charge is 2.25. The first kappa shape index (κ1) is 20.4. The number of benzene rings is 2. The number of nitrogens with one attached hydrogen (secondary N) is 1. The standard InChI is InChI=1S/C21H26N2O4S/c1-17-7-6-8-18(15-17)22-21(24)16-27-19-9-11-20(12-10-19)28(25,26)23-13-4-2-3-5-14-23/h6-12,15H,2-5,13-14,16H2,1H3,(H,22,24). The van der Waals surface area contributed by atoms with Crippen LogP contribution in [-0.4, -0.2) is 38.3 Å². The number of carbonyl (C=O) groups is 1. The van der Waals surface area contributed by atoms with E-state index in [9.17, 15) is 13.2 Å². The Morgan fingerprint density at radius 1 is 1.04 bits per heavy atom. The summed E-state index contributed by atoms with van der Waals surface area (Å²) in [5.41, 5.74) is 1.77. The van der Waals surface area contributed by atoms with E-state index in [1.165, 1.54) is 12.1 Å². The van der Waals surface area contributed by atoms with Crippen molar-refractivity contribution in [3.8, 4) is 5.75 Å². The van der Waals surface area contributed by atoms with E-state index in [4.69, 9.17) is 4.74 Å². The third-order valence-corrected chi connectivity index (χ3v) is 6.61. The molecule has 0 aromatic heterocycles. The molecule has 0 saturated carbocycles. The summed E-state index contributed by atoms with van der Waals surface area (Å²) in [4.78, 5) is 12.3. The fourth-order valence-corrected chi connectivity index (χ4v) is 4.72. The minimum atomic E-state index is -3.48. The van der Waals surface area contributed by atoms with Crippen molar-refractivity contribution in [3.63, 3.8) is 0 Å².